The number of rotatable bonds is 7. The van der Waals surface area contributed by atoms with Crippen LogP contribution in [0, 0.1) is 0 Å². The lowest BCUT2D eigenvalue weighted by Gasteiger charge is -2.18. The smallest absolute Gasteiger partial charge is 0.222 e. The molecule has 1 amide bonds. The minimum Gasteiger partial charge on any atom is -0.383 e. The van der Waals surface area contributed by atoms with Gasteiger partial charge in [-0.1, -0.05) is 24.3 Å². The van der Waals surface area contributed by atoms with Crippen LogP contribution in [-0.2, 0) is 22.6 Å². The molecule has 1 aromatic carbocycles. The Morgan fingerprint density at radius 1 is 1.42 bits per heavy atom. The summed E-state index contributed by atoms with van der Waals surface area (Å²) in [6.07, 6.45) is 1.66. The van der Waals surface area contributed by atoms with Crippen LogP contribution in [-0.4, -0.2) is 50.1 Å². The Balaban J connectivity index is 1.88. The van der Waals surface area contributed by atoms with Crippen molar-refractivity contribution >= 4 is 11.9 Å². The minimum absolute atomic E-state index is 0.189. The Morgan fingerprint density at radius 2 is 2.21 bits per heavy atom. The van der Waals surface area contributed by atoms with Crippen LogP contribution in [0.2, 0.25) is 0 Å². The van der Waals surface area contributed by atoms with E-state index < -0.39 is 0 Å². The van der Waals surface area contributed by atoms with Crippen molar-refractivity contribution in [3.8, 4) is 0 Å². The third-order valence-electron chi connectivity index (χ3n) is 4.02. The summed E-state index contributed by atoms with van der Waals surface area (Å²) in [6.45, 7) is 4.92. The van der Waals surface area contributed by atoms with Gasteiger partial charge < -0.3 is 20.3 Å². The largest absolute Gasteiger partial charge is 0.383 e. The van der Waals surface area contributed by atoms with Gasteiger partial charge in [0.15, 0.2) is 5.96 Å². The molecule has 0 bridgehead atoms. The highest BCUT2D eigenvalue weighted by molar-refractivity contribution is 5.80. The van der Waals surface area contributed by atoms with E-state index in [1.165, 1.54) is 11.1 Å². The Bertz CT molecular complexity index is 574. The quantitative estimate of drug-likeness (QED) is 0.587. The normalized spacial score (nSPS) is 16.4. The molecule has 1 saturated heterocycles. The van der Waals surface area contributed by atoms with E-state index in [2.05, 4.69) is 33.8 Å². The van der Waals surface area contributed by atoms with Gasteiger partial charge in [0, 0.05) is 46.3 Å². The van der Waals surface area contributed by atoms with Gasteiger partial charge in [0.2, 0.25) is 5.91 Å². The van der Waals surface area contributed by atoms with Crippen LogP contribution in [0.15, 0.2) is 29.3 Å². The molecule has 2 rings (SSSR count). The maximum atomic E-state index is 11.8. The average Bonchev–Trinajstić information content (AvgIpc) is 2.97. The lowest BCUT2D eigenvalue weighted by molar-refractivity contribution is -0.128. The number of carbonyl (C=O) groups is 1. The number of hydrogen-bond donors (Lipinski definition) is 2. The fourth-order valence-electron chi connectivity index (χ4n) is 2.84. The molecule has 0 radical (unpaired) electrons. The molecule has 0 aromatic heterocycles. The van der Waals surface area contributed by atoms with Crippen LogP contribution in [0.4, 0.5) is 0 Å². The minimum atomic E-state index is 0.189. The summed E-state index contributed by atoms with van der Waals surface area (Å²) < 4.78 is 5.12. The van der Waals surface area contributed by atoms with Crippen LogP contribution in [0.5, 0.6) is 0 Å². The number of nitrogens with zero attached hydrogens (tertiary/aromatic N) is 2. The summed E-state index contributed by atoms with van der Waals surface area (Å²) in [5.74, 6) is 1.01. The zero-order chi connectivity index (χ0) is 17.4. The number of benzene rings is 1. The molecule has 132 valence electrons. The zero-order valence-electron chi connectivity index (χ0n) is 14.8. The molecule has 1 aliphatic rings. The average molecular weight is 332 g/mol. The van der Waals surface area contributed by atoms with Gasteiger partial charge in [0.25, 0.3) is 0 Å². The number of carbonyl (C=O) groups excluding carboxylic acids is 1. The lowest BCUT2D eigenvalue weighted by Crippen LogP contribution is -2.43. The van der Waals surface area contributed by atoms with Crippen molar-refractivity contribution in [1.82, 2.24) is 15.5 Å². The zero-order valence-corrected chi connectivity index (χ0v) is 14.8. The van der Waals surface area contributed by atoms with Crippen molar-refractivity contribution in [2.75, 3.05) is 27.3 Å². The SMILES string of the molecule is CN=C(NCc1cccc(CN2CCCC2=O)c1)NC(C)COC. The molecule has 0 saturated carbocycles. The lowest BCUT2D eigenvalue weighted by atomic mass is 10.1. The first-order valence-corrected chi connectivity index (χ1v) is 8.44. The molecule has 1 aromatic rings. The third-order valence-corrected chi connectivity index (χ3v) is 4.02. The molecular formula is C18H28N4O2. The van der Waals surface area contributed by atoms with Crippen LogP contribution in [0.25, 0.3) is 0 Å². The van der Waals surface area contributed by atoms with Crippen molar-refractivity contribution in [3.63, 3.8) is 0 Å². The maximum Gasteiger partial charge on any atom is 0.222 e. The van der Waals surface area contributed by atoms with E-state index >= 15 is 0 Å². The number of hydrogen-bond acceptors (Lipinski definition) is 3. The molecule has 0 aliphatic carbocycles. The first-order valence-electron chi connectivity index (χ1n) is 8.44. The summed E-state index contributed by atoms with van der Waals surface area (Å²) in [4.78, 5) is 17.9. The molecule has 6 nitrogen and oxygen atoms in total. The number of guanidine groups is 1. The molecule has 1 unspecified atom stereocenters. The van der Waals surface area contributed by atoms with E-state index in [-0.39, 0.29) is 11.9 Å². The van der Waals surface area contributed by atoms with E-state index in [1.54, 1.807) is 14.2 Å². The van der Waals surface area contributed by atoms with Crippen molar-refractivity contribution in [2.45, 2.75) is 38.9 Å². The molecule has 1 atom stereocenters. The number of amides is 1. The number of likely N-dealkylation sites (tertiary alicyclic amines) is 1. The maximum absolute atomic E-state index is 11.8. The molecule has 1 heterocycles. The van der Waals surface area contributed by atoms with E-state index in [4.69, 9.17) is 4.74 Å². The van der Waals surface area contributed by atoms with Crippen molar-refractivity contribution < 1.29 is 9.53 Å². The van der Waals surface area contributed by atoms with Gasteiger partial charge in [0.1, 0.15) is 0 Å². The van der Waals surface area contributed by atoms with E-state index in [0.717, 1.165) is 18.9 Å². The van der Waals surface area contributed by atoms with Gasteiger partial charge in [-0.25, -0.2) is 0 Å². The third kappa shape index (κ3) is 5.53. The van der Waals surface area contributed by atoms with Gasteiger partial charge in [-0.15, -0.1) is 0 Å². The number of methoxy groups -OCH3 is 1. The molecule has 24 heavy (non-hydrogen) atoms. The highest BCUT2D eigenvalue weighted by Gasteiger charge is 2.19. The molecular weight excluding hydrogens is 304 g/mol. The summed E-state index contributed by atoms with van der Waals surface area (Å²) in [5, 5.41) is 6.59. The summed E-state index contributed by atoms with van der Waals surface area (Å²) in [7, 11) is 3.44. The standard InChI is InChI=1S/C18H28N4O2/c1-14(13-24-3)21-18(19-2)20-11-15-6-4-7-16(10-15)12-22-9-5-8-17(22)23/h4,6-7,10,14H,5,8-9,11-13H2,1-3H3,(H2,19,20,21). The highest BCUT2D eigenvalue weighted by atomic mass is 16.5. The number of ether oxygens (including phenoxy) is 1. The fourth-order valence-corrected chi connectivity index (χ4v) is 2.84. The Morgan fingerprint density at radius 3 is 2.88 bits per heavy atom. The van der Waals surface area contributed by atoms with E-state index in [9.17, 15) is 4.79 Å². The van der Waals surface area contributed by atoms with Gasteiger partial charge in [-0.05, 0) is 24.5 Å². The molecule has 6 heteroatoms. The van der Waals surface area contributed by atoms with Crippen molar-refractivity contribution in [2.24, 2.45) is 4.99 Å². The molecule has 0 spiro atoms. The fraction of sp³-hybridized carbons (Fsp3) is 0.556. The predicted octanol–water partition coefficient (Wildman–Crippen LogP) is 1.51. The predicted molar refractivity (Wildman–Crippen MR) is 95.8 cm³/mol. The van der Waals surface area contributed by atoms with Gasteiger partial charge in [0.05, 0.1) is 6.61 Å². The van der Waals surface area contributed by atoms with Crippen molar-refractivity contribution in [3.05, 3.63) is 35.4 Å². The van der Waals surface area contributed by atoms with Crippen LogP contribution >= 0.6 is 0 Å². The molecule has 2 N–H and O–H groups in total. The van der Waals surface area contributed by atoms with Crippen LogP contribution < -0.4 is 10.6 Å². The van der Waals surface area contributed by atoms with E-state index in [1.807, 2.05) is 17.9 Å². The van der Waals surface area contributed by atoms with E-state index in [0.29, 0.717) is 26.1 Å². The number of nitrogens with one attached hydrogen (secondary N) is 2. The Labute approximate surface area is 144 Å². The van der Waals surface area contributed by atoms with Gasteiger partial charge in [-0.2, -0.15) is 0 Å². The monoisotopic (exact) mass is 332 g/mol. The highest BCUT2D eigenvalue weighted by Crippen LogP contribution is 2.15. The second-order valence-electron chi connectivity index (χ2n) is 6.17. The first-order chi connectivity index (χ1) is 11.6. The summed E-state index contributed by atoms with van der Waals surface area (Å²) in [6, 6.07) is 8.52. The summed E-state index contributed by atoms with van der Waals surface area (Å²) >= 11 is 0. The second kappa shape index (κ2) is 9.27. The molecule has 1 fully saturated rings. The van der Waals surface area contributed by atoms with Gasteiger partial charge in [-0.3, -0.25) is 9.79 Å². The number of aliphatic imine (C=N–C) groups is 1. The van der Waals surface area contributed by atoms with Crippen LogP contribution in [0.3, 0.4) is 0 Å². The molecule has 1 aliphatic heterocycles. The Kier molecular flexibility index (Phi) is 7.06. The first kappa shape index (κ1) is 18.3. The van der Waals surface area contributed by atoms with Crippen LogP contribution in [0.1, 0.15) is 30.9 Å². The topological polar surface area (TPSA) is 66.0 Å². The second-order valence-corrected chi connectivity index (χ2v) is 6.17. The van der Waals surface area contributed by atoms with Crippen molar-refractivity contribution in [1.29, 1.82) is 0 Å². The summed E-state index contributed by atoms with van der Waals surface area (Å²) in [5.41, 5.74) is 2.33. The van der Waals surface area contributed by atoms with Gasteiger partial charge >= 0.3 is 0 Å². The Hall–Kier alpha value is -2.08.